The number of cyclic esters (lactones) is 1. The van der Waals surface area contributed by atoms with Crippen molar-refractivity contribution < 1.29 is 57.7 Å². The summed E-state index contributed by atoms with van der Waals surface area (Å²) >= 11 is 0. The molecule has 87 heavy (non-hydrogen) atoms. The molecule has 0 bridgehead atoms. The van der Waals surface area contributed by atoms with Crippen molar-refractivity contribution in [3.63, 3.8) is 0 Å². The van der Waals surface area contributed by atoms with E-state index in [1.165, 1.54) is 61.6 Å². The van der Waals surface area contributed by atoms with Gasteiger partial charge < -0.3 is 55.0 Å². The lowest BCUT2D eigenvalue weighted by Gasteiger charge is -2.39. The van der Waals surface area contributed by atoms with Gasteiger partial charge >= 0.3 is 5.97 Å². The number of hydrogen-bond acceptors (Lipinski definition) is 12. The minimum Gasteiger partial charge on any atom is -0.497 e. The van der Waals surface area contributed by atoms with Gasteiger partial charge in [-0.05, 0) is 97.6 Å². The van der Waals surface area contributed by atoms with Crippen LogP contribution in [-0.2, 0) is 60.7 Å². The summed E-state index contributed by atoms with van der Waals surface area (Å²) in [6.45, 7) is 20.6. The first-order valence-corrected chi connectivity index (χ1v) is 30.9. The van der Waals surface area contributed by atoms with Crippen LogP contribution >= 0.6 is 0 Å². The maximum absolute atomic E-state index is 15.7. The van der Waals surface area contributed by atoms with E-state index in [1.54, 1.807) is 79.8 Å². The number of fused-ring (bicyclic) bond motifs is 1. The topological polar surface area (TPSA) is 245 Å². The molecule has 0 aliphatic carbocycles. The number of nitrogens with zero attached hydrogens (tertiary/aromatic N) is 5. The molecule has 20 nitrogen and oxygen atoms in total. The summed E-state index contributed by atoms with van der Waals surface area (Å²) in [7, 11) is 7.26. The number of carbonyl (C=O) groups excluding carboxylic acids is 9. The molecule has 2 saturated heterocycles. The number of hydrogen-bond donors (Lipinski definition) is 4. The average molecular weight is 1210 g/mol. The summed E-state index contributed by atoms with van der Waals surface area (Å²) in [6, 6.07) is 13.8. The second kappa shape index (κ2) is 31.0. The number of benzene rings is 3. The Morgan fingerprint density at radius 1 is 0.598 bits per heavy atom. The first kappa shape index (κ1) is 70.4. The highest BCUT2D eigenvalue weighted by atomic mass is 16.6. The molecule has 0 radical (unpaired) electrons. The van der Waals surface area contributed by atoms with Crippen LogP contribution in [0.4, 0.5) is 0 Å². The van der Waals surface area contributed by atoms with E-state index in [0.717, 1.165) is 16.0 Å². The molecule has 0 unspecified atom stereocenters. The van der Waals surface area contributed by atoms with Crippen molar-refractivity contribution >= 4 is 53.2 Å². The predicted molar refractivity (Wildman–Crippen MR) is 333 cm³/mol. The van der Waals surface area contributed by atoms with Gasteiger partial charge in [-0.1, -0.05) is 142 Å². The van der Waals surface area contributed by atoms with Gasteiger partial charge in [-0.3, -0.25) is 38.4 Å². The third kappa shape index (κ3) is 17.5. The van der Waals surface area contributed by atoms with Crippen LogP contribution in [0.1, 0.15) is 126 Å². The van der Waals surface area contributed by atoms with Crippen LogP contribution in [0.5, 0.6) is 5.75 Å². The summed E-state index contributed by atoms with van der Waals surface area (Å²) < 4.78 is 11.5. The van der Waals surface area contributed by atoms with Gasteiger partial charge in [0, 0.05) is 53.5 Å². The van der Waals surface area contributed by atoms with E-state index in [4.69, 9.17) is 9.47 Å². The van der Waals surface area contributed by atoms with Crippen molar-refractivity contribution in [3.8, 4) is 16.9 Å². The second-order valence-electron chi connectivity index (χ2n) is 25.6. The predicted octanol–water partition coefficient (Wildman–Crippen LogP) is 6.05. The SMILES string of the molecule is CC[C@H](C)[C@@H]1NC(=O)[C@@H]2CCCN2C(=O)[C@H](Cc2cccc(-c3ccc(OC)cc3)c2)N(C)C(=O)[C@H](Cc2ccccc2)NC(=O)[C@H](C(C)C)N(C)C(=O)[C@@H]([C@@H](C)CC)OC(=O)[C@H](C(C)(C)O)N(C)C(=O)[C@H](CC(C)C)NC(=O)[C@H](C(C)C)N(C)C1=O. The Balaban J connectivity index is 1.73. The Morgan fingerprint density at radius 2 is 1.15 bits per heavy atom. The summed E-state index contributed by atoms with van der Waals surface area (Å²) in [5, 5.41) is 20.6. The van der Waals surface area contributed by atoms with Crippen LogP contribution in [0, 0.1) is 29.6 Å². The molecule has 3 aromatic rings. The summed E-state index contributed by atoms with van der Waals surface area (Å²) in [4.78, 5) is 142. The van der Waals surface area contributed by atoms with Crippen molar-refractivity contribution in [2.75, 3.05) is 41.8 Å². The fourth-order valence-electron chi connectivity index (χ4n) is 12.0. The van der Waals surface area contributed by atoms with Gasteiger partial charge in [0.05, 0.1) is 12.7 Å². The second-order valence-corrected chi connectivity index (χ2v) is 25.6. The Bertz CT molecular complexity index is 2870. The number of rotatable bonds is 15. The Morgan fingerprint density at radius 3 is 1.69 bits per heavy atom. The molecule has 5 rings (SSSR count). The van der Waals surface area contributed by atoms with Crippen molar-refractivity contribution in [2.45, 2.75) is 188 Å². The van der Waals surface area contributed by atoms with E-state index in [9.17, 15) is 24.3 Å². The molecule has 8 amide bonds. The number of likely N-dealkylation sites (N-methyl/N-ethyl adjacent to an activating group) is 4. The lowest BCUT2D eigenvalue weighted by Crippen LogP contribution is -2.63. The number of amides is 8. The summed E-state index contributed by atoms with van der Waals surface area (Å²) in [5.41, 5.74) is 1.08. The lowest BCUT2D eigenvalue weighted by molar-refractivity contribution is -0.177. The number of methoxy groups -OCH3 is 1. The highest BCUT2D eigenvalue weighted by Gasteiger charge is 2.48. The van der Waals surface area contributed by atoms with Gasteiger partial charge in [0.25, 0.3) is 5.91 Å². The Labute approximate surface area is 515 Å². The highest BCUT2D eigenvalue weighted by Crippen LogP contribution is 2.29. The fraction of sp³-hybridized carbons (Fsp3) is 0.597. The number of esters is 1. The maximum atomic E-state index is 15.7. The van der Waals surface area contributed by atoms with E-state index in [2.05, 4.69) is 16.0 Å². The van der Waals surface area contributed by atoms with E-state index in [-0.39, 0.29) is 38.1 Å². The Kier molecular flexibility index (Phi) is 25.1. The molecule has 0 saturated carbocycles. The van der Waals surface area contributed by atoms with E-state index < -0.39 is 137 Å². The minimum atomic E-state index is -1.99. The van der Waals surface area contributed by atoms with Crippen LogP contribution in [0.25, 0.3) is 11.1 Å². The summed E-state index contributed by atoms with van der Waals surface area (Å²) in [6.07, 6.45) is -0.0979. The first-order chi connectivity index (χ1) is 40.9. The van der Waals surface area contributed by atoms with Crippen LogP contribution in [-0.4, -0.2) is 185 Å². The number of carbonyl (C=O) groups is 9. The van der Waals surface area contributed by atoms with Gasteiger partial charge in [-0.25, -0.2) is 4.79 Å². The van der Waals surface area contributed by atoms with Gasteiger partial charge in [-0.15, -0.1) is 0 Å². The molecular weight excluding hydrogens is 1110 g/mol. The van der Waals surface area contributed by atoms with Crippen LogP contribution < -0.4 is 20.7 Å². The minimum absolute atomic E-state index is 0.0192. The summed E-state index contributed by atoms with van der Waals surface area (Å²) in [5.74, 6) is -8.19. The molecule has 2 heterocycles. The van der Waals surface area contributed by atoms with Crippen molar-refractivity contribution in [1.29, 1.82) is 0 Å². The van der Waals surface area contributed by atoms with Crippen LogP contribution in [0.2, 0.25) is 0 Å². The number of ether oxygens (including phenoxy) is 2. The zero-order chi connectivity index (χ0) is 64.9. The molecule has 3 aromatic carbocycles. The number of aliphatic hydroxyl groups is 1. The molecule has 2 aliphatic heterocycles. The quantitative estimate of drug-likeness (QED) is 0.127. The largest absolute Gasteiger partial charge is 0.497 e. The van der Waals surface area contributed by atoms with Gasteiger partial charge in [0.15, 0.2) is 12.1 Å². The van der Waals surface area contributed by atoms with Crippen molar-refractivity contribution in [2.24, 2.45) is 29.6 Å². The zero-order valence-corrected chi connectivity index (χ0v) is 54.4. The monoisotopic (exact) mass is 1210 g/mol. The molecule has 0 aromatic heterocycles. The normalized spacial score (nSPS) is 25.1. The third-order valence-electron chi connectivity index (χ3n) is 17.3. The highest BCUT2D eigenvalue weighted by molar-refractivity contribution is 5.99. The average Bonchev–Trinajstić information content (AvgIpc) is 2.51. The maximum Gasteiger partial charge on any atom is 0.332 e. The van der Waals surface area contributed by atoms with Crippen molar-refractivity contribution in [1.82, 2.24) is 40.4 Å². The molecule has 2 fully saturated rings. The smallest absolute Gasteiger partial charge is 0.332 e. The van der Waals surface area contributed by atoms with Gasteiger partial charge in [-0.2, -0.15) is 0 Å². The van der Waals surface area contributed by atoms with E-state index in [1.807, 2.05) is 75.4 Å². The molecule has 0 spiro atoms. The van der Waals surface area contributed by atoms with E-state index in [0.29, 0.717) is 36.1 Å². The zero-order valence-electron chi connectivity index (χ0n) is 54.4. The lowest BCUT2D eigenvalue weighted by atomic mass is 9.93. The molecule has 4 N–H and O–H groups in total. The van der Waals surface area contributed by atoms with Crippen LogP contribution in [0.15, 0.2) is 78.9 Å². The van der Waals surface area contributed by atoms with Gasteiger partial charge in [0.1, 0.15) is 48.0 Å². The van der Waals surface area contributed by atoms with E-state index >= 15 is 24.0 Å². The molecular formula is C67H98N8O12. The Hall–Kier alpha value is -7.35. The fourth-order valence-corrected chi connectivity index (χ4v) is 12.0. The molecule has 11 atom stereocenters. The number of nitrogens with one attached hydrogen (secondary N) is 3. The molecule has 20 heteroatoms. The standard InChI is InChI=1S/C67H98N8O12/c1-18-42(9)53-64(82)72(14)54(40(5)6)59(77)68-49(35-39(3)4)62(80)74(16)57(67(11,12)85)66(84)87-56(43(10)19-2)65(83)73(15)55(41(7)8)60(78)69-50(37-44-25-21-20-22-26-44)61(79)71(13)52(63(81)75-34-24-29-51(75)58(76)70-53)38-45-27-23-28-47(36-45)46-30-32-48(86-17)33-31-46/h20-23,25-28,30-33,36,39-43,49-57,85H,18-19,24,29,34-35,37-38H2,1-17H3,(H,68,77)(H,69,78)(H,70,76)/t42-,43-,49-,50-,51-,52-,53-,54-,55-,56+,57+/m0/s1. The van der Waals surface area contributed by atoms with Crippen LogP contribution in [0.3, 0.4) is 0 Å². The molecule has 478 valence electrons. The van der Waals surface area contributed by atoms with Gasteiger partial charge in [0.2, 0.25) is 41.4 Å². The third-order valence-corrected chi connectivity index (χ3v) is 17.3. The van der Waals surface area contributed by atoms with Crippen molar-refractivity contribution in [3.05, 3.63) is 90.0 Å². The molecule has 2 aliphatic rings. The first-order valence-electron chi connectivity index (χ1n) is 30.9.